The Morgan fingerprint density at radius 1 is 0.833 bits per heavy atom. The van der Waals surface area contributed by atoms with Crippen molar-refractivity contribution in [1.82, 2.24) is 41.2 Å². The van der Waals surface area contributed by atoms with Crippen molar-refractivity contribution >= 4 is 33.9 Å². The Hall–Kier alpha value is -4.74. The maximum absolute atomic E-state index is 12.2. The first-order valence-corrected chi connectivity index (χ1v) is 8.43. The standard InChI is InChI=1S/C18H12N8O4/c27-13(7-15(29)17-19-23-24-20-17)10-5-9-3-1-2-4-11(9)12(6-10)14(28)8-16(30)18-21-25-26-22-18/h1-8,27-28H,(H,19,20,23,24)(H,21,22,25,26)/b13-7-,14-8-. The monoisotopic (exact) mass is 404 g/mol. The van der Waals surface area contributed by atoms with Gasteiger partial charge in [-0.15, -0.1) is 20.4 Å². The molecule has 2 aromatic heterocycles. The van der Waals surface area contributed by atoms with Crippen LogP contribution in [0.2, 0.25) is 0 Å². The summed E-state index contributed by atoms with van der Waals surface area (Å²) in [6, 6.07) is 10.1. The fourth-order valence-corrected chi connectivity index (χ4v) is 2.74. The van der Waals surface area contributed by atoms with E-state index in [0.29, 0.717) is 10.8 Å². The zero-order valence-corrected chi connectivity index (χ0v) is 15.0. The van der Waals surface area contributed by atoms with E-state index in [1.165, 1.54) is 6.07 Å². The summed E-state index contributed by atoms with van der Waals surface area (Å²) in [5.41, 5.74) is 0.486. The molecule has 0 aliphatic carbocycles. The first-order chi connectivity index (χ1) is 14.5. The molecule has 4 rings (SSSR count). The second kappa shape index (κ2) is 7.71. The third-order valence-electron chi connectivity index (χ3n) is 4.10. The molecule has 0 fully saturated rings. The average molecular weight is 404 g/mol. The lowest BCUT2D eigenvalue weighted by Crippen LogP contribution is -2.01. The number of nitrogens with one attached hydrogen (secondary N) is 2. The fourth-order valence-electron chi connectivity index (χ4n) is 2.74. The van der Waals surface area contributed by atoms with Crippen molar-refractivity contribution in [1.29, 1.82) is 0 Å². The van der Waals surface area contributed by atoms with Gasteiger partial charge in [0.2, 0.25) is 23.2 Å². The van der Waals surface area contributed by atoms with Gasteiger partial charge in [-0.25, -0.2) is 0 Å². The molecule has 0 saturated heterocycles. The summed E-state index contributed by atoms with van der Waals surface area (Å²) in [4.78, 5) is 24.3. The highest BCUT2D eigenvalue weighted by Crippen LogP contribution is 2.28. The van der Waals surface area contributed by atoms with Crippen LogP contribution in [0, 0.1) is 0 Å². The second-order valence-corrected chi connectivity index (χ2v) is 6.00. The van der Waals surface area contributed by atoms with Crippen LogP contribution in [0.4, 0.5) is 0 Å². The molecule has 0 spiro atoms. The minimum atomic E-state index is -0.664. The van der Waals surface area contributed by atoms with E-state index in [-0.39, 0.29) is 34.3 Å². The second-order valence-electron chi connectivity index (χ2n) is 6.00. The molecule has 0 atom stereocenters. The Balaban J connectivity index is 1.78. The maximum Gasteiger partial charge on any atom is 0.244 e. The van der Waals surface area contributed by atoms with Gasteiger partial charge in [0.15, 0.2) is 0 Å². The van der Waals surface area contributed by atoms with E-state index in [9.17, 15) is 19.8 Å². The average Bonchev–Trinajstić information content (AvgIpc) is 3.47. The number of tetrazole rings is 2. The molecule has 12 nitrogen and oxygen atoms in total. The zero-order valence-electron chi connectivity index (χ0n) is 15.0. The van der Waals surface area contributed by atoms with Crippen LogP contribution in [0.1, 0.15) is 32.4 Å². The van der Waals surface area contributed by atoms with Crippen LogP contribution in [-0.4, -0.2) is 63.0 Å². The van der Waals surface area contributed by atoms with Crippen LogP contribution in [-0.2, 0) is 0 Å². The van der Waals surface area contributed by atoms with Gasteiger partial charge in [0.1, 0.15) is 11.5 Å². The summed E-state index contributed by atoms with van der Waals surface area (Å²) in [7, 11) is 0. The van der Waals surface area contributed by atoms with Gasteiger partial charge in [0.05, 0.1) is 0 Å². The molecule has 0 radical (unpaired) electrons. The van der Waals surface area contributed by atoms with Gasteiger partial charge in [-0.1, -0.05) is 24.3 Å². The van der Waals surface area contributed by atoms with Crippen LogP contribution in [0.3, 0.4) is 0 Å². The number of H-pyrrole nitrogens is 2. The zero-order chi connectivity index (χ0) is 21.1. The highest BCUT2D eigenvalue weighted by Gasteiger charge is 2.16. The van der Waals surface area contributed by atoms with E-state index in [0.717, 1.165) is 12.2 Å². The van der Waals surface area contributed by atoms with E-state index in [1.807, 2.05) is 0 Å². The van der Waals surface area contributed by atoms with E-state index in [4.69, 9.17) is 0 Å². The minimum Gasteiger partial charge on any atom is -0.507 e. The summed E-state index contributed by atoms with van der Waals surface area (Å²) in [6.45, 7) is 0. The molecule has 0 aliphatic rings. The van der Waals surface area contributed by atoms with Crippen molar-refractivity contribution in [3.63, 3.8) is 0 Å². The SMILES string of the molecule is O=C(/C=C(\O)c1cc(/C(O)=C/C(=O)c2nn[nH]n2)c2ccccc2c1)c1nn[nH]n1. The molecule has 0 bridgehead atoms. The van der Waals surface area contributed by atoms with E-state index < -0.39 is 11.6 Å². The number of aromatic amines is 2. The normalized spacial score (nSPS) is 12.3. The van der Waals surface area contributed by atoms with E-state index in [1.54, 1.807) is 30.3 Å². The summed E-state index contributed by atoms with van der Waals surface area (Å²) in [5, 5.41) is 47.4. The number of aliphatic hydroxyl groups is 2. The fraction of sp³-hybridized carbons (Fsp3) is 0. The Morgan fingerprint density at radius 3 is 2.03 bits per heavy atom. The van der Waals surface area contributed by atoms with E-state index in [2.05, 4.69) is 41.2 Å². The first kappa shape index (κ1) is 18.6. The Kier molecular flexibility index (Phi) is 4.78. The molecule has 0 aliphatic heterocycles. The van der Waals surface area contributed by atoms with Crippen LogP contribution in [0.25, 0.3) is 22.3 Å². The third kappa shape index (κ3) is 3.64. The third-order valence-corrected chi connectivity index (χ3v) is 4.10. The van der Waals surface area contributed by atoms with Crippen LogP contribution >= 0.6 is 0 Å². The largest absolute Gasteiger partial charge is 0.507 e. The maximum atomic E-state index is 12.2. The lowest BCUT2D eigenvalue weighted by molar-refractivity contribution is 0.102. The smallest absolute Gasteiger partial charge is 0.244 e. The topological polar surface area (TPSA) is 184 Å². The lowest BCUT2D eigenvalue weighted by atomic mass is 9.98. The van der Waals surface area contributed by atoms with Gasteiger partial charge in [-0.2, -0.15) is 10.4 Å². The molecular weight excluding hydrogens is 392 g/mol. The molecule has 0 unspecified atom stereocenters. The molecule has 2 heterocycles. The van der Waals surface area contributed by atoms with Gasteiger partial charge >= 0.3 is 0 Å². The quantitative estimate of drug-likeness (QED) is 0.208. The number of ketones is 2. The molecular formula is C18H12N8O4. The molecule has 148 valence electrons. The number of nitrogens with zero attached hydrogens (tertiary/aromatic N) is 6. The number of aliphatic hydroxyl groups excluding tert-OH is 2. The summed E-state index contributed by atoms with van der Waals surface area (Å²) in [5.74, 6) is -2.51. The van der Waals surface area contributed by atoms with Gasteiger partial charge < -0.3 is 10.2 Å². The number of benzene rings is 2. The number of aromatic nitrogens is 8. The summed E-state index contributed by atoms with van der Waals surface area (Å²) >= 11 is 0. The van der Waals surface area contributed by atoms with Gasteiger partial charge in [-0.3, -0.25) is 9.59 Å². The van der Waals surface area contributed by atoms with Crippen molar-refractivity contribution in [3.05, 3.63) is 71.3 Å². The number of carbonyl (C=O) groups excluding carboxylic acids is 2. The van der Waals surface area contributed by atoms with Crippen LogP contribution < -0.4 is 0 Å². The Morgan fingerprint density at radius 2 is 1.43 bits per heavy atom. The van der Waals surface area contributed by atoms with Crippen LogP contribution in [0.15, 0.2) is 48.6 Å². The number of hydrogen-bond donors (Lipinski definition) is 4. The van der Waals surface area contributed by atoms with E-state index >= 15 is 0 Å². The molecule has 0 saturated carbocycles. The minimum absolute atomic E-state index is 0.212. The molecule has 2 aromatic carbocycles. The number of allylic oxidation sites excluding steroid dienone is 2. The highest BCUT2D eigenvalue weighted by molar-refractivity contribution is 6.08. The Labute approximate surface area is 166 Å². The van der Waals surface area contributed by atoms with Gasteiger partial charge in [0, 0.05) is 23.3 Å². The lowest BCUT2D eigenvalue weighted by Gasteiger charge is -2.10. The van der Waals surface area contributed by atoms with Crippen molar-refractivity contribution in [2.75, 3.05) is 0 Å². The number of carbonyl (C=O) groups is 2. The molecule has 4 aromatic rings. The predicted molar refractivity (Wildman–Crippen MR) is 102 cm³/mol. The van der Waals surface area contributed by atoms with Gasteiger partial charge in [0.25, 0.3) is 0 Å². The van der Waals surface area contributed by atoms with Crippen molar-refractivity contribution < 1.29 is 19.8 Å². The summed E-state index contributed by atoms with van der Waals surface area (Å²) in [6.07, 6.45) is 1.88. The van der Waals surface area contributed by atoms with Crippen molar-refractivity contribution in [3.8, 4) is 0 Å². The summed E-state index contributed by atoms with van der Waals surface area (Å²) < 4.78 is 0. The van der Waals surface area contributed by atoms with Gasteiger partial charge in [-0.05, 0) is 33.3 Å². The Bertz CT molecular complexity index is 1290. The highest BCUT2D eigenvalue weighted by atomic mass is 16.3. The van der Waals surface area contributed by atoms with Crippen molar-refractivity contribution in [2.45, 2.75) is 0 Å². The first-order valence-electron chi connectivity index (χ1n) is 8.43. The number of hydrogen-bond acceptors (Lipinski definition) is 10. The molecule has 30 heavy (non-hydrogen) atoms. The molecule has 0 amide bonds. The van der Waals surface area contributed by atoms with Crippen molar-refractivity contribution in [2.24, 2.45) is 0 Å². The number of rotatable bonds is 6. The number of fused-ring (bicyclic) bond motifs is 1. The van der Waals surface area contributed by atoms with Crippen LogP contribution in [0.5, 0.6) is 0 Å². The predicted octanol–water partition coefficient (Wildman–Crippen LogP) is 1.43. The molecule has 4 N–H and O–H groups in total. The molecule has 12 heteroatoms.